The second-order valence-electron chi connectivity index (χ2n) is 5.02. The standard InChI is InChI=1S/C16H15ClN4O2S2/c1-2-21(12-6-4-3-5-7-12)15-10-9-14(18-19-15)20-25(22,23)16-11-8-13(17)24-16/h3-11H,2H2,1H3,(H,18,20). The van der Waals surface area contributed by atoms with Crippen molar-refractivity contribution in [1.29, 1.82) is 0 Å². The minimum absolute atomic E-state index is 0.128. The van der Waals surface area contributed by atoms with Crippen molar-refractivity contribution in [2.75, 3.05) is 16.2 Å². The van der Waals surface area contributed by atoms with Gasteiger partial charge in [0.2, 0.25) is 0 Å². The molecule has 3 rings (SSSR count). The number of hydrogen-bond donors (Lipinski definition) is 1. The van der Waals surface area contributed by atoms with Crippen molar-refractivity contribution in [2.24, 2.45) is 0 Å². The summed E-state index contributed by atoms with van der Waals surface area (Å²) in [5, 5.41) is 8.12. The van der Waals surface area contributed by atoms with Crippen LogP contribution in [-0.2, 0) is 10.0 Å². The summed E-state index contributed by atoms with van der Waals surface area (Å²) in [4.78, 5) is 1.98. The molecule has 6 nitrogen and oxygen atoms in total. The highest BCUT2D eigenvalue weighted by molar-refractivity contribution is 7.94. The molecule has 0 aliphatic rings. The van der Waals surface area contributed by atoms with E-state index < -0.39 is 10.0 Å². The Hall–Kier alpha value is -2.16. The maximum absolute atomic E-state index is 12.3. The third-order valence-electron chi connectivity index (χ3n) is 3.36. The summed E-state index contributed by atoms with van der Waals surface area (Å²) in [6, 6.07) is 16.1. The molecule has 25 heavy (non-hydrogen) atoms. The Balaban J connectivity index is 1.80. The highest BCUT2D eigenvalue weighted by Gasteiger charge is 2.18. The summed E-state index contributed by atoms with van der Waals surface area (Å²) < 4.78 is 27.5. The number of sulfonamides is 1. The monoisotopic (exact) mass is 394 g/mol. The Kier molecular flexibility index (Phi) is 5.22. The molecule has 0 saturated carbocycles. The van der Waals surface area contributed by atoms with E-state index in [0.717, 1.165) is 17.0 Å². The molecule has 3 aromatic rings. The number of halogens is 1. The molecule has 0 radical (unpaired) electrons. The minimum Gasteiger partial charge on any atom is -0.325 e. The lowest BCUT2D eigenvalue weighted by atomic mass is 10.3. The first kappa shape index (κ1) is 17.7. The van der Waals surface area contributed by atoms with Crippen molar-refractivity contribution >= 4 is 50.3 Å². The summed E-state index contributed by atoms with van der Waals surface area (Å²) in [6.07, 6.45) is 0. The largest absolute Gasteiger partial charge is 0.325 e. The number of hydrogen-bond acceptors (Lipinski definition) is 6. The van der Waals surface area contributed by atoms with E-state index in [1.165, 1.54) is 12.1 Å². The number of nitrogens with one attached hydrogen (secondary N) is 1. The lowest BCUT2D eigenvalue weighted by molar-refractivity contribution is 0.603. The van der Waals surface area contributed by atoms with E-state index in [2.05, 4.69) is 14.9 Å². The summed E-state index contributed by atoms with van der Waals surface area (Å²) in [6.45, 7) is 2.71. The van der Waals surface area contributed by atoms with Crippen LogP contribution >= 0.6 is 22.9 Å². The lowest BCUT2D eigenvalue weighted by Crippen LogP contribution is -2.18. The first-order chi connectivity index (χ1) is 12.0. The van der Waals surface area contributed by atoms with E-state index in [1.54, 1.807) is 12.1 Å². The number of thiophene rings is 1. The van der Waals surface area contributed by atoms with Gasteiger partial charge >= 0.3 is 0 Å². The summed E-state index contributed by atoms with van der Waals surface area (Å²) in [5.74, 6) is 0.785. The van der Waals surface area contributed by atoms with E-state index in [9.17, 15) is 8.42 Å². The molecule has 0 spiro atoms. The maximum atomic E-state index is 12.3. The molecule has 0 aliphatic carbocycles. The van der Waals surface area contributed by atoms with Crippen LogP contribution in [-0.4, -0.2) is 25.2 Å². The molecule has 1 aromatic carbocycles. The number of aromatic nitrogens is 2. The summed E-state index contributed by atoms with van der Waals surface area (Å²) >= 11 is 6.77. The van der Waals surface area contributed by atoms with Crippen molar-refractivity contribution in [3.63, 3.8) is 0 Å². The Morgan fingerprint density at radius 1 is 1.08 bits per heavy atom. The Morgan fingerprint density at radius 3 is 2.40 bits per heavy atom. The first-order valence-electron chi connectivity index (χ1n) is 7.44. The molecule has 0 saturated heterocycles. The van der Waals surface area contributed by atoms with Crippen molar-refractivity contribution in [2.45, 2.75) is 11.1 Å². The molecule has 0 amide bonds. The Morgan fingerprint density at radius 2 is 1.84 bits per heavy atom. The van der Waals surface area contributed by atoms with Crippen molar-refractivity contribution in [3.05, 3.63) is 58.9 Å². The second-order valence-corrected chi connectivity index (χ2v) is 8.64. The van der Waals surface area contributed by atoms with Crippen LogP contribution in [0.2, 0.25) is 4.34 Å². The number of rotatable bonds is 6. The molecule has 130 valence electrons. The zero-order chi connectivity index (χ0) is 17.9. The van der Waals surface area contributed by atoms with Crippen molar-refractivity contribution < 1.29 is 8.42 Å². The van der Waals surface area contributed by atoms with Crippen molar-refractivity contribution in [1.82, 2.24) is 10.2 Å². The molecular weight excluding hydrogens is 380 g/mol. The zero-order valence-electron chi connectivity index (χ0n) is 13.3. The fourth-order valence-electron chi connectivity index (χ4n) is 2.24. The third-order valence-corrected chi connectivity index (χ3v) is 6.44. The van der Waals surface area contributed by atoms with Gasteiger partial charge in [0.05, 0.1) is 4.34 Å². The average Bonchev–Trinajstić information content (AvgIpc) is 3.05. The molecule has 0 bridgehead atoms. The van der Waals surface area contributed by atoms with Crippen LogP contribution in [0.5, 0.6) is 0 Å². The van der Waals surface area contributed by atoms with Crippen molar-refractivity contribution in [3.8, 4) is 0 Å². The van der Waals surface area contributed by atoms with Gasteiger partial charge in [0.15, 0.2) is 11.6 Å². The first-order valence-corrected chi connectivity index (χ1v) is 10.1. The molecule has 2 heterocycles. The van der Waals surface area contributed by atoms with Crippen LogP contribution < -0.4 is 9.62 Å². The smallest absolute Gasteiger partial charge is 0.272 e. The molecule has 0 aliphatic heterocycles. The molecule has 0 fully saturated rings. The van der Waals surface area contributed by atoms with Gasteiger partial charge in [-0.05, 0) is 43.3 Å². The van der Waals surface area contributed by atoms with Crippen LogP contribution in [0.4, 0.5) is 17.3 Å². The molecule has 9 heteroatoms. The normalized spacial score (nSPS) is 11.3. The second kappa shape index (κ2) is 7.38. The highest BCUT2D eigenvalue weighted by atomic mass is 35.5. The van der Waals surface area contributed by atoms with E-state index >= 15 is 0 Å². The van der Waals surface area contributed by atoms with Crippen LogP contribution in [0.25, 0.3) is 0 Å². The highest BCUT2D eigenvalue weighted by Crippen LogP contribution is 2.27. The molecule has 2 aromatic heterocycles. The fraction of sp³-hybridized carbons (Fsp3) is 0.125. The number of benzene rings is 1. The predicted octanol–water partition coefficient (Wildman–Crippen LogP) is 4.15. The minimum atomic E-state index is -3.72. The predicted molar refractivity (Wildman–Crippen MR) is 101 cm³/mol. The fourth-order valence-corrected chi connectivity index (χ4v) is 4.72. The summed E-state index contributed by atoms with van der Waals surface area (Å²) in [5.41, 5.74) is 0.987. The van der Waals surface area contributed by atoms with Gasteiger partial charge in [-0.3, -0.25) is 4.72 Å². The molecule has 0 unspecified atom stereocenters. The van der Waals surface area contributed by atoms with E-state index in [-0.39, 0.29) is 10.0 Å². The topological polar surface area (TPSA) is 75.2 Å². The number of para-hydroxylation sites is 1. The molecule has 0 atom stereocenters. The quantitative estimate of drug-likeness (QED) is 0.679. The van der Waals surface area contributed by atoms with E-state index in [4.69, 9.17) is 11.6 Å². The van der Waals surface area contributed by atoms with Gasteiger partial charge in [-0.15, -0.1) is 21.5 Å². The van der Waals surface area contributed by atoms with Gasteiger partial charge in [-0.2, -0.15) is 0 Å². The summed E-state index contributed by atoms with van der Waals surface area (Å²) in [7, 11) is -3.72. The average molecular weight is 395 g/mol. The Bertz CT molecular complexity index is 944. The lowest BCUT2D eigenvalue weighted by Gasteiger charge is -2.21. The van der Waals surface area contributed by atoms with Gasteiger partial charge in [-0.25, -0.2) is 8.42 Å². The SMILES string of the molecule is CCN(c1ccccc1)c1ccc(NS(=O)(=O)c2ccc(Cl)s2)nn1. The van der Waals surface area contributed by atoms with Crippen LogP contribution in [0.15, 0.2) is 58.8 Å². The Labute approximate surface area is 155 Å². The van der Waals surface area contributed by atoms with Crippen LogP contribution in [0.1, 0.15) is 6.92 Å². The zero-order valence-corrected chi connectivity index (χ0v) is 15.6. The number of anilines is 3. The maximum Gasteiger partial charge on any atom is 0.272 e. The molecule has 1 N–H and O–H groups in total. The number of nitrogens with zero attached hydrogens (tertiary/aromatic N) is 3. The third kappa shape index (κ3) is 4.09. The van der Waals surface area contributed by atoms with E-state index in [1.807, 2.05) is 42.2 Å². The van der Waals surface area contributed by atoms with Gasteiger partial charge in [0.25, 0.3) is 10.0 Å². The van der Waals surface area contributed by atoms with Gasteiger partial charge in [0.1, 0.15) is 4.21 Å². The van der Waals surface area contributed by atoms with Crippen LogP contribution in [0.3, 0.4) is 0 Å². The van der Waals surface area contributed by atoms with Gasteiger partial charge in [-0.1, -0.05) is 29.8 Å². The van der Waals surface area contributed by atoms with Crippen LogP contribution in [0, 0.1) is 0 Å². The van der Waals surface area contributed by atoms with Gasteiger partial charge < -0.3 is 4.90 Å². The van der Waals surface area contributed by atoms with Gasteiger partial charge in [0, 0.05) is 12.2 Å². The molecular formula is C16H15ClN4O2S2. The van der Waals surface area contributed by atoms with E-state index in [0.29, 0.717) is 16.7 Å².